The van der Waals surface area contributed by atoms with E-state index in [0.29, 0.717) is 5.75 Å². The van der Waals surface area contributed by atoms with Crippen molar-refractivity contribution in [2.45, 2.75) is 24.0 Å². The fourth-order valence-electron chi connectivity index (χ4n) is 3.42. The number of urea groups is 1. The van der Waals surface area contributed by atoms with Gasteiger partial charge in [0.05, 0.1) is 12.0 Å². The van der Waals surface area contributed by atoms with Crippen molar-refractivity contribution in [1.82, 2.24) is 14.1 Å². The van der Waals surface area contributed by atoms with Gasteiger partial charge >= 0.3 is 6.03 Å². The molecule has 2 aromatic carbocycles. The summed E-state index contributed by atoms with van der Waals surface area (Å²) in [6, 6.07) is 15.0. The Kier molecular flexibility index (Phi) is 5.62. The number of methoxy groups -OCH3 is 1. The van der Waals surface area contributed by atoms with Crippen molar-refractivity contribution in [2.75, 3.05) is 27.7 Å². The maximum atomic E-state index is 13.4. The second-order valence-corrected chi connectivity index (χ2v) is 8.86. The minimum atomic E-state index is -3.82. The van der Waals surface area contributed by atoms with Crippen LogP contribution in [0.1, 0.15) is 18.7 Å². The third kappa shape index (κ3) is 3.57. The molecule has 0 N–H and O–H groups in total. The lowest BCUT2D eigenvalue weighted by molar-refractivity contribution is 0.138. The lowest BCUT2D eigenvalue weighted by Crippen LogP contribution is -2.44. The van der Waals surface area contributed by atoms with Crippen molar-refractivity contribution in [2.24, 2.45) is 0 Å². The number of amides is 2. The fourth-order valence-corrected chi connectivity index (χ4v) is 5.07. The molecule has 28 heavy (non-hydrogen) atoms. The number of nitrogens with zero attached hydrogens (tertiary/aromatic N) is 3. The Morgan fingerprint density at radius 3 is 2.21 bits per heavy atom. The molecule has 3 rings (SSSR count). The molecule has 0 spiro atoms. The minimum Gasteiger partial charge on any atom is -0.497 e. The van der Waals surface area contributed by atoms with Crippen molar-refractivity contribution in [3.8, 4) is 5.75 Å². The Morgan fingerprint density at radius 1 is 1.07 bits per heavy atom. The Labute approximate surface area is 166 Å². The SMILES string of the molecule is COc1ccc(S(=O)(=O)N2C[C@@H](C)N(C(=O)N(C)C)[C@@H]2c2ccccc2)cc1. The van der Waals surface area contributed by atoms with Crippen LogP contribution in [0, 0.1) is 0 Å². The number of carbonyl (C=O) groups is 1. The molecule has 0 bridgehead atoms. The second kappa shape index (κ2) is 7.81. The number of benzene rings is 2. The molecule has 8 heteroatoms. The summed E-state index contributed by atoms with van der Waals surface area (Å²) in [6.07, 6.45) is -0.710. The molecule has 0 aliphatic carbocycles. The first-order chi connectivity index (χ1) is 13.3. The molecule has 2 atom stereocenters. The molecule has 1 heterocycles. The summed E-state index contributed by atoms with van der Waals surface area (Å²) >= 11 is 0. The third-order valence-corrected chi connectivity index (χ3v) is 6.66. The highest BCUT2D eigenvalue weighted by atomic mass is 32.2. The molecule has 2 amide bonds. The molecule has 7 nitrogen and oxygen atoms in total. The van der Waals surface area contributed by atoms with Crippen molar-refractivity contribution in [3.63, 3.8) is 0 Å². The number of ether oxygens (including phenoxy) is 1. The van der Waals surface area contributed by atoms with Crippen LogP contribution in [-0.4, -0.2) is 62.3 Å². The lowest BCUT2D eigenvalue weighted by atomic mass is 10.1. The van der Waals surface area contributed by atoms with Crippen LogP contribution in [0.25, 0.3) is 0 Å². The Hall–Kier alpha value is -2.58. The molecule has 1 saturated heterocycles. The quantitative estimate of drug-likeness (QED) is 0.787. The van der Waals surface area contributed by atoms with E-state index in [9.17, 15) is 13.2 Å². The van der Waals surface area contributed by atoms with E-state index < -0.39 is 16.2 Å². The number of carbonyl (C=O) groups excluding carboxylic acids is 1. The molecule has 150 valence electrons. The van der Waals surface area contributed by atoms with Gasteiger partial charge in [-0.3, -0.25) is 4.90 Å². The molecule has 2 aromatic rings. The van der Waals surface area contributed by atoms with Gasteiger partial charge in [0.15, 0.2) is 0 Å². The van der Waals surface area contributed by atoms with Crippen molar-refractivity contribution < 1.29 is 17.9 Å². The highest BCUT2D eigenvalue weighted by Gasteiger charge is 2.47. The van der Waals surface area contributed by atoms with Crippen LogP contribution >= 0.6 is 0 Å². The fraction of sp³-hybridized carbons (Fsp3) is 0.350. The molecule has 1 aliphatic rings. The number of sulfonamides is 1. The number of hydrogen-bond donors (Lipinski definition) is 0. The van der Waals surface area contributed by atoms with E-state index in [4.69, 9.17) is 4.74 Å². The van der Waals surface area contributed by atoms with Gasteiger partial charge < -0.3 is 9.64 Å². The van der Waals surface area contributed by atoms with E-state index in [1.54, 1.807) is 31.1 Å². The predicted molar refractivity (Wildman–Crippen MR) is 106 cm³/mol. The maximum Gasteiger partial charge on any atom is 0.321 e. The molecule has 0 aromatic heterocycles. The van der Waals surface area contributed by atoms with Crippen LogP contribution in [0.4, 0.5) is 4.79 Å². The van der Waals surface area contributed by atoms with Crippen molar-refractivity contribution in [3.05, 3.63) is 60.2 Å². The van der Waals surface area contributed by atoms with Crippen LogP contribution in [0.3, 0.4) is 0 Å². The van der Waals surface area contributed by atoms with E-state index in [2.05, 4.69) is 0 Å². The molecule has 1 fully saturated rings. The van der Waals surface area contributed by atoms with Gasteiger partial charge in [-0.25, -0.2) is 13.2 Å². The lowest BCUT2D eigenvalue weighted by Gasteiger charge is -2.33. The highest BCUT2D eigenvalue weighted by molar-refractivity contribution is 7.89. The van der Waals surface area contributed by atoms with Gasteiger partial charge in [0.25, 0.3) is 0 Å². The van der Waals surface area contributed by atoms with Gasteiger partial charge in [-0.1, -0.05) is 30.3 Å². The van der Waals surface area contributed by atoms with E-state index in [-0.39, 0.29) is 23.5 Å². The van der Waals surface area contributed by atoms with Crippen molar-refractivity contribution >= 4 is 16.1 Å². The summed E-state index contributed by atoms with van der Waals surface area (Å²) in [5, 5.41) is 0. The number of rotatable bonds is 4. The van der Waals surface area contributed by atoms with Crippen LogP contribution in [0.5, 0.6) is 5.75 Å². The maximum absolute atomic E-state index is 13.4. The van der Waals surface area contributed by atoms with Crippen LogP contribution < -0.4 is 4.74 Å². The topological polar surface area (TPSA) is 70.2 Å². The summed E-state index contributed by atoms with van der Waals surface area (Å²) in [7, 11) is 1.04. The van der Waals surface area contributed by atoms with E-state index in [1.807, 2.05) is 37.3 Å². The van der Waals surface area contributed by atoms with E-state index in [0.717, 1.165) is 5.56 Å². The van der Waals surface area contributed by atoms with E-state index in [1.165, 1.54) is 28.4 Å². The molecule has 1 aliphatic heterocycles. The molecule has 0 unspecified atom stereocenters. The molecule has 0 saturated carbocycles. The minimum absolute atomic E-state index is 0.167. The zero-order chi connectivity index (χ0) is 20.5. The summed E-state index contributed by atoms with van der Waals surface area (Å²) in [6.45, 7) is 2.08. The normalized spacial score (nSPS) is 20.2. The summed E-state index contributed by atoms with van der Waals surface area (Å²) in [5.74, 6) is 0.581. The van der Waals surface area contributed by atoms with Gasteiger partial charge in [-0.2, -0.15) is 4.31 Å². The van der Waals surface area contributed by atoms with Crippen LogP contribution in [0.15, 0.2) is 59.5 Å². The second-order valence-electron chi connectivity index (χ2n) is 6.97. The van der Waals surface area contributed by atoms with Gasteiger partial charge in [-0.15, -0.1) is 0 Å². The average Bonchev–Trinajstić information content (AvgIpc) is 3.05. The van der Waals surface area contributed by atoms with E-state index >= 15 is 0 Å². The zero-order valence-electron chi connectivity index (χ0n) is 16.4. The Morgan fingerprint density at radius 2 is 1.68 bits per heavy atom. The first-order valence-electron chi connectivity index (χ1n) is 8.98. The number of hydrogen-bond acceptors (Lipinski definition) is 4. The third-order valence-electron chi connectivity index (χ3n) is 4.82. The molecule has 0 radical (unpaired) electrons. The Bertz CT molecular complexity index is 930. The highest BCUT2D eigenvalue weighted by Crippen LogP contribution is 2.38. The van der Waals surface area contributed by atoms with Gasteiger partial charge in [0.2, 0.25) is 10.0 Å². The average molecular weight is 404 g/mol. The van der Waals surface area contributed by atoms with Crippen LogP contribution in [0.2, 0.25) is 0 Å². The molecular weight excluding hydrogens is 378 g/mol. The zero-order valence-corrected chi connectivity index (χ0v) is 17.3. The summed E-state index contributed by atoms with van der Waals surface area (Å²) in [4.78, 5) is 16.1. The monoisotopic (exact) mass is 403 g/mol. The van der Waals surface area contributed by atoms with Crippen molar-refractivity contribution in [1.29, 1.82) is 0 Å². The first kappa shape index (κ1) is 20.2. The van der Waals surface area contributed by atoms with Gasteiger partial charge in [0.1, 0.15) is 11.9 Å². The largest absolute Gasteiger partial charge is 0.497 e. The molecular formula is C20H25N3O4S. The summed E-state index contributed by atoms with van der Waals surface area (Å²) < 4.78 is 33.4. The standard InChI is InChI=1S/C20H25N3O4S/c1-15-14-22(28(25,26)18-12-10-17(27-4)11-13-18)19(16-8-6-5-7-9-16)23(15)20(24)21(2)3/h5-13,15,19H,14H2,1-4H3/t15-,19-/m1/s1. The van der Waals surface area contributed by atoms with Crippen LogP contribution in [-0.2, 0) is 10.0 Å². The van der Waals surface area contributed by atoms with Gasteiger partial charge in [-0.05, 0) is 36.8 Å². The predicted octanol–water partition coefficient (Wildman–Crippen LogP) is 2.77. The van der Waals surface area contributed by atoms with Gasteiger partial charge in [0, 0.05) is 26.7 Å². The Balaban J connectivity index is 2.08. The first-order valence-corrected chi connectivity index (χ1v) is 10.4. The smallest absolute Gasteiger partial charge is 0.321 e. The summed E-state index contributed by atoms with van der Waals surface area (Å²) in [5.41, 5.74) is 0.749.